The fraction of sp³-hybridized carbons (Fsp3) is 0.500. The number of halogens is 1. The molecule has 0 bridgehead atoms. The molecule has 0 unspecified atom stereocenters. The molecule has 4 heteroatoms. The third-order valence-corrected chi connectivity index (χ3v) is 2.99. The maximum absolute atomic E-state index is 12.0. The molecule has 0 aliphatic heterocycles. The normalized spacial score (nSPS) is 10.9. The van der Waals surface area contributed by atoms with E-state index in [2.05, 4.69) is 4.90 Å². The van der Waals surface area contributed by atoms with Crippen molar-refractivity contribution in [2.75, 3.05) is 32.8 Å². The van der Waals surface area contributed by atoms with E-state index >= 15 is 0 Å². The molecular weight excluding hydrogens is 250 g/mol. The molecule has 0 saturated heterocycles. The summed E-state index contributed by atoms with van der Waals surface area (Å²) in [7, 11) is 0. The van der Waals surface area contributed by atoms with Crippen LogP contribution in [0, 0.1) is 0 Å². The first kappa shape index (κ1) is 15.2. The molecule has 100 valence electrons. The Hall–Kier alpha value is -0.900. The molecule has 1 aromatic rings. The molecule has 0 aliphatic carbocycles. The van der Waals surface area contributed by atoms with Crippen molar-refractivity contribution in [3.05, 3.63) is 34.9 Å². The van der Waals surface area contributed by atoms with Gasteiger partial charge in [0.2, 0.25) is 0 Å². The van der Waals surface area contributed by atoms with Crippen LogP contribution >= 0.6 is 11.6 Å². The van der Waals surface area contributed by atoms with Crippen LogP contribution in [0.2, 0.25) is 5.02 Å². The van der Waals surface area contributed by atoms with Gasteiger partial charge in [0.25, 0.3) is 0 Å². The Morgan fingerprint density at radius 2 is 1.94 bits per heavy atom. The van der Waals surface area contributed by atoms with E-state index in [1.54, 1.807) is 24.3 Å². The topological polar surface area (TPSA) is 29.5 Å². The van der Waals surface area contributed by atoms with Gasteiger partial charge in [0.1, 0.15) is 0 Å². The Balaban J connectivity index is 2.48. The van der Waals surface area contributed by atoms with Crippen molar-refractivity contribution in [1.82, 2.24) is 4.90 Å². The van der Waals surface area contributed by atoms with Crippen molar-refractivity contribution < 1.29 is 9.53 Å². The summed E-state index contributed by atoms with van der Waals surface area (Å²) in [5.41, 5.74) is 0.703. The van der Waals surface area contributed by atoms with E-state index in [-0.39, 0.29) is 5.78 Å². The highest BCUT2D eigenvalue weighted by molar-refractivity contribution is 6.30. The minimum Gasteiger partial charge on any atom is -0.380 e. The van der Waals surface area contributed by atoms with Crippen molar-refractivity contribution in [3.8, 4) is 0 Å². The molecule has 0 N–H and O–H groups in total. The van der Waals surface area contributed by atoms with Gasteiger partial charge < -0.3 is 4.74 Å². The molecule has 0 fully saturated rings. The summed E-state index contributed by atoms with van der Waals surface area (Å²) in [4.78, 5) is 14.1. The molecule has 18 heavy (non-hydrogen) atoms. The Bertz CT molecular complexity index is 365. The number of ether oxygens (including phenoxy) is 1. The monoisotopic (exact) mass is 269 g/mol. The highest BCUT2D eigenvalue weighted by Gasteiger charge is 2.10. The van der Waals surface area contributed by atoms with Gasteiger partial charge in [-0.25, -0.2) is 0 Å². The van der Waals surface area contributed by atoms with E-state index in [0.29, 0.717) is 30.3 Å². The Morgan fingerprint density at radius 1 is 1.28 bits per heavy atom. The number of carbonyl (C=O) groups excluding carboxylic acids is 1. The summed E-state index contributed by atoms with van der Waals surface area (Å²) in [6.07, 6.45) is 0. The molecule has 0 heterocycles. The van der Waals surface area contributed by atoms with Crippen LogP contribution in [0.5, 0.6) is 0 Å². The molecular formula is C14H20ClNO2. The van der Waals surface area contributed by atoms with Crippen molar-refractivity contribution >= 4 is 17.4 Å². The summed E-state index contributed by atoms with van der Waals surface area (Å²) < 4.78 is 5.30. The number of ketones is 1. The Kier molecular flexibility index (Phi) is 6.94. The predicted molar refractivity (Wildman–Crippen MR) is 74.4 cm³/mol. The van der Waals surface area contributed by atoms with E-state index in [4.69, 9.17) is 16.3 Å². The van der Waals surface area contributed by atoms with Gasteiger partial charge in [-0.15, -0.1) is 0 Å². The fourth-order valence-corrected chi connectivity index (χ4v) is 1.74. The third kappa shape index (κ3) is 5.17. The second kappa shape index (κ2) is 8.25. The van der Waals surface area contributed by atoms with Crippen molar-refractivity contribution in [2.24, 2.45) is 0 Å². The molecule has 1 rings (SSSR count). The first-order valence-corrected chi connectivity index (χ1v) is 6.64. The summed E-state index contributed by atoms with van der Waals surface area (Å²) in [6.45, 7) is 7.43. The van der Waals surface area contributed by atoms with Crippen LogP contribution in [0.1, 0.15) is 24.2 Å². The van der Waals surface area contributed by atoms with Crippen LogP contribution in [0.3, 0.4) is 0 Å². The van der Waals surface area contributed by atoms with Crippen LogP contribution < -0.4 is 0 Å². The van der Waals surface area contributed by atoms with E-state index < -0.39 is 0 Å². The summed E-state index contributed by atoms with van der Waals surface area (Å²) >= 11 is 5.80. The van der Waals surface area contributed by atoms with Gasteiger partial charge in [-0.2, -0.15) is 0 Å². The second-order valence-corrected chi connectivity index (χ2v) is 4.43. The quantitative estimate of drug-likeness (QED) is 0.537. The first-order valence-electron chi connectivity index (χ1n) is 6.26. The lowest BCUT2D eigenvalue weighted by Crippen LogP contribution is -2.32. The van der Waals surface area contributed by atoms with Crippen molar-refractivity contribution in [1.29, 1.82) is 0 Å². The SMILES string of the molecule is CCOCCN(CC)CC(=O)c1ccc(Cl)cc1. The van der Waals surface area contributed by atoms with Gasteiger partial charge in [-0.1, -0.05) is 18.5 Å². The minimum atomic E-state index is 0.116. The first-order chi connectivity index (χ1) is 8.67. The van der Waals surface area contributed by atoms with Crippen LogP contribution in [-0.2, 0) is 4.74 Å². The number of nitrogens with zero attached hydrogens (tertiary/aromatic N) is 1. The fourth-order valence-electron chi connectivity index (χ4n) is 1.62. The minimum absolute atomic E-state index is 0.116. The number of Topliss-reactive ketones (excluding diaryl/α,β-unsaturated/α-hetero) is 1. The van der Waals surface area contributed by atoms with Gasteiger partial charge in [0, 0.05) is 23.7 Å². The number of hydrogen-bond acceptors (Lipinski definition) is 3. The highest BCUT2D eigenvalue weighted by Crippen LogP contribution is 2.10. The maximum atomic E-state index is 12.0. The van der Waals surface area contributed by atoms with E-state index in [0.717, 1.165) is 13.1 Å². The van der Waals surface area contributed by atoms with E-state index in [1.807, 2.05) is 13.8 Å². The Labute approximate surface area is 114 Å². The summed E-state index contributed by atoms with van der Waals surface area (Å²) in [5, 5.41) is 0.648. The molecule has 0 radical (unpaired) electrons. The largest absolute Gasteiger partial charge is 0.380 e. The van der Waals surface area contributed by atoms with Crippen molar-refractivity contribution in [2.45, 2.75) is 13.8 Å². The molecule has 1 aromatic carbocycles. The molecule has 0 atom stereocenters. The summed E-state index contributed by atoms with van der Waals surface area (Å²) in [5.74, 6) is 0.116. The van der Waals surface area contributed by atoms with Gasteiger partial charge in [-0.3, -0.25) is 9.69 Å². The van der Waals surface area contributed by atoms with Crippen LogP contribution in [0.15, 0.2) is 24.3 Å². The van der Waals surface area contributed by atoms with Crippen LogP contribution in [0.25, 0.3) is 0 Å². The average Bonchev–Trinajstić information content (AvgIpc) is 2.38. The zero-order valence-corrected chi connectivity index (χ0v) is 11.7. The van der Waals surface area contributed by atoms with Gasteiger partial charge >= 0.3 is 0 Å². The molecule has 3 nitrogen and oxygen atoms in total. The standard InChI is InChI=1S/C14H20ClNO2/c1-3-16(9-10-18-4-2)11-14(17)12-5-7-13(15)8-6-12/h5-8H,3-4,9-11H2,1-2H3. The summed E-state index contributed by atoms with van der Waals surface area (Å²) in [6, 6.07) is 7.01. The van der Waals surface area contributed by atoms with Gasteiger partial charge in [0.05, 0.1) is 13.2 Å². The smallest absolute Gasteiger partial charge is 0.176 e. The molecule has 0 aliphatic rings. The van der Waals surface area contributed by atoms with Crippen molar-refractivity contribution in [3.63, 3.8) is 0 Å². The van der Waals surface area contributed by atoms with E-state index in [1.165, 1.54) is 0 Å². The number of likely N-dealkylation sites (N-methyl/N-ethyl adjacent to an activating group) is 1. The second-order valence-electron chi connectivity index (χ2n) is 4.00. The third-order valence-electron chi connectivity index (χ3n) is 2.74. The average molecular weight is 270 g/mol. The van der Waals surface area contributed by atoms with E-state index in [9.17, 15) is 4.79 Å². The maximum Gasteiger partial charge on any atom is 0.176 e. The van der Waals surface area contributed by atoms with Gasteiger partial charge in [0.15, 0.2) is 5.78 Å². The lowest BCUT2D eigenvalue weighted by molar-refractivity contribution is 0.0867. The van der Waals surface area contributed by atoms with Crippen LogP contribution in [-0.4, -0.2) is 43.5 Å². The van der Waals surface area contributed by atoms with Crippen LogP contribution in [0.4, 0.5) is 0 Å². The number of carbonyl (C=O) groups is 1. The lowest BCUT2D eigenvalue weighted by Gasteiger charge is -2.19. The number of hydrogen-bond donors (Lipinski definition) is 0. The molecule has 0 spiro atoms. The Morgan fingerprint density at radius 3 is 2.50 bits per heavy atom. The zero-order chi connectivity index (χ0) is 13.4. The number of rotatable bonds is 8. The number of benzene rings is 1. The molecule has 0 aromatic heterocycles. The molecule has 0 saturated carbocycles. The predicted octanol–water partition coefficient (Wildman–Crippen LogP) is 2.88. The highest BCUT2D eigenvalue weighted by atomic mass is 35.5. The van der Waals surface area contributed by atoms with Gasteiger partial charge in [-0.05, 0) is 37.7 Å². The molecule has 0 amide bonds. The lowest BCUT2D eigenvalue weighted by atomic mass is 10.1. The zero-order valence-electron chi connectivity index (χ0n) is 11.0.